The summed E-state index contributed by atoms with van der Waals surface area (Å²) in [5, 5.41) is 3.75. The largest absolute Gasteiger partial charge is 0.368 e. The van der Waals surface area contributed by atoms with Gasteiger partial charge in [0, 0.05) is 30.1 Å². The number of fused-ring (bicyclic) bond motifs is 3. The van der Waals surface area contributed by atoms with Gasteiger partial charge in [0.05, 0.1) is 5.69 Å². The van der Waals surface area contributed by atoms with Crippen LogP contribution in [-0.2, 0) is 11.8 Å². The van der Waals surface area contributed by atoms with Crippen molar-refractivity contribution in [3.8, 4) is 0 Å². The van der Waals surface area contributed by atoms with E-state index in [1.54, 1.807) is 0 Å². The van der Waals surface area contributed by atoms with Crippen LogP contribution in [0.15, 0.2) is 0 Å². The number of nitrogens with two attached hydrogens (primary N) is 1. The molecule has 3 fully saturated rings. The van der Waals surface area contributed by atoms with Crippen LogP contribution in [-0.4, -0.2) is 35.6 Å². The first-order valence-electron chi connectivity index (χ1n) is 10.4. The van der Waals surface area contributed by atoms with Crippen molar-refractivity contribution in [3.05, 3.63) is 11.3 Å². The maximum atomic E-state index is 6.21. The number of nitrogens with zero attached hydrogens (tertiary/aromatic N) is 3. The van der Waals surface area contributed by atoms with E-state index in [4.69, 9.17) is 15.7 Å². The lowest BCUT2D eigenvalue weighted by molar-refractivity contribution is 0.241. The van der Waals surface area contributed by atoms with Gasteiger partial charge >= 0.3 is 0 Å². The van der Waals surface area contributed by atoms with Gasteiger partial charge in [-0.05, 0) is 63.8 Å². The average Bonchev–Trinajstić information content (AvgIpc) is 3.11. The number of piperidine rings is 2. The predicted octanol–water partition coefficient (Wildman–Crippen LogP) is 2.79. The molecular weight excluding hydrogens is 310 g/mol. The van der Waals surface area contributed by atoms with Crippen molar-refractivity contribution in [2.45, 2.75) is 75.7 Å². The van der Waals surface area contributed by atoms with E-state index in [0.29, 0.717) is 17.4 Å². The third-order valence-electron chi connectivity index (χ3n) is 7.36. The van der Waals surface area contributed by atoms with E-state index in [0.717, 1.165) is 25.4 Å². The minimum absolute atomic E-state index is 0.306. The summed E-state index contributed by atoms with van der Waals surface area (Å²) in [6.45, 7) is 3.38. The lowest BCUT2D eigenvalue weighted by atomic mass is 9.71. The standard InChI is InChI=1S/C20H31N5/c21-19-23-17-15(6-3-10-20(17)8-1-2-9-20)18(24-19)25-12-7-14-5-4-11-22-16(14)13-25/h14,16,22H,1-13H2,(H2,21,23,24)/t14-,16-/m0/s1. The van der Waals surface area contributed by atoms with Crippen molar-refractivity contribution in [3.63, 3.8) is 0 Å². The number of nitrogens with one attached hydrogen (secondary N) is 1. The first kappa shape index (κ1) is 15.9. The summed E-state index contributed by atoms with van der Waals surface area (Å²) in [5.41, 5.74) is 9.26. The molecule has 2 atom stereocenters. The van der Waals surface area contributed by atoms with Gasteiger partial charge in [0.15, 0.2) is 0 Å². The normalized spacial score (nSPS) is 31.0. The van der Waals surface area contributed by atoms with Gasteiger partial charge in [0.2, 0.25) is 5.95 Å². The van der Waals surface area contributed by atoms with Crippen LogP contribution in [0.3, 0.4) is 0 Å². The Bertz CT molecular complexity index is 652. The highest BCUT2D eigenvalue weighted by Crippen LogP contribution is 2.49. The van der Waals surface area contributed by atoms with Gasteiger partial charge in [-0.2, -0.15) is 4.98 Å². The highest BCUT2D eigenvalue weighted by molar-refractivity contribution is 5.55. The molecule has 2 saturated heterocycles. The van der Waals surface area contributed by atoms with E-state index in [2.05, 4.69) is 10.2 Å². The van der Waals surface area contributed by atoms with Gasteiger partial charge in [-0.15, -0.1) is 0 Å². The Morgan fingerprint density at radius 2 is 1.88 bits per heavy atom. The zero-order chi connectivity index (χ0) is 16.9. The quantitative estimate of drug-likeness (QED) is 0.822. The molecule has 5 rings (SSSR count). The molecule has 0 bridgehead atoms. The second-order valence-corrected chi connectivity index (χ2v) is 8.77. The highest BCUT2D eigenvalue weighted by Gasteiger charge is 2.42. The van der Waals surface area contributed by atoms with Gasteiger partial charge in [0.1, 0.15) is 5.82 Å². The second-order valence-electron chi connectivity index (χ2n) is 8.77. The fourth-order valence-corrected chi connectivity index (χ4v) is 6.10. The fourth-order valence-electron chi connectivity index (χ4n) is 6.10. The molecule has 5 heteroatoms. The molecule has 0 radical (unpaired) electrons. The average molecular weight is 342 g/mol. The van der Waals surface area contributed by atoms with Crippen LogP contribution in [0.1, 0.15) is 69.0 Å². The van der Waals surface area contributed by atoms with Gasteiger partial charge in [-0.1, -0.05) is 12.8 Å². The van der Waals surface area contributed by atoms with Gasteiger partial charge in [-0.3, -0.25) is 0 Å². The Kier molecular flexibility index (Phi) is 3.88. The van der Waals surface area contributed by atoms with Crippen LogP contribution in [0, 0.1) is 5.92 Å². The molecular formula is C20H31N5. The zero-order valence-electron chi connectivity index (χ0n) is 15.3. The molecule has 1 aromatic heterocycles. The second kappa shape index (κ2) is 6.11. The molecule has 4 aliphatic rings. The molecule has 2 aliphatic heterocycles. The van der Waals surface area contributed by atoms with Gasteiger partial charge in [0.25, 0.3) is 0 Å². The number of hydrogen-bond acceptors (Lipinski definition) is 5. The van der Waals surface area contributed by atoms with E-state index >= 15 is 0 Å². The predicted molar refractivity (Wildman–Crippen MR) is 101 cm³/mol. The molecule has 3 N–H and O–H groups in total. The lowest BCUT2D eigenvalue weighted by Gasteiger charge is -2.44. The summed E-state index contributed by atoms with van der Waals surface area (Å²) < 4.78 is 0. The number of rotatable bonds is 1. The fraction of sp³-hybridized carbons (Fsp3) is 0.800. The Morgan fingerprint density at radius 1 is 1.04 bits per heavy atom. The monoisotopic (exact) mass is 341 g/mol. The van der Waals surface area contributed by atoms with E-state index in [-0.39, 0.29) is 0 Å². The van der Waals surface area contributed by atoms with E-state index < -0.39 is 0 Å². The van der Waals surface area contributed by atoms with E-state index in [1.165, 1.54) is 81.4 Å². The third-order valence-corrected chi connectivity index (χ3v) is 7.36. The zero-order valence-corrected chi connectivity index (χ0v) is 15.3. The number of hydrogen-bond donors (Lipinski definition) is 2. The van der Waals surface area contributed by atoms with Crippen LogP contribution < -0.4 is 16.0 Å². The molecule has 1 spiro atoms. The SMILES string of the molecule is Nc1nc(N2CC[C@@H]3CCCN[C@H]3C2)c2c(n1)C1(CCCC1)CCC2. The summed E-state index contributed by atoms with van der Waals surface area (Å²) >= 11 is 0. The molecule has 5 nitrogen and oxygen atoms in total. The third kappa shape index (κ3) is 2.62. The first-order chi connectivity index (χ1) is 12.3. The van der Waals surface area contributed by atoms with E-state index in [1.807, 2.05) is 0 Å². The summed E-state index contributed by atoms with van der Waals surface area (Å²) in [6.07, 6.45) is 13.0. The van der Waals surface area contributed by atoms with Gasteiger partial charge < -0.3 is 16.0 Å². The molecule has 25 heavy (non-hydrogen) atoms. The van der Waals surface area contributed by atoms with Crippen LogP contribution >= 0.6 is 0 Å². The topological polar surface area (TPSA) is 67.1 Å². The van der Waals surface area contributed by atoms with Crippen LogP contribution in [0.5, 0.6) is 0 Å². The minimum atomic E-state index is 0.306. The lowest BCUT2D eigenvalue weighted by Crippen LogP contribution is -2.54. The Balaban J connectivity index is 1.51. The minimum Gasteiger partial charge on any atom is -0.368 e. The van der Waals surface area contributed by atoms with Crippen molar-refractivity contribution in [2.24, 2.45) is 5.92 Å². The maximum Gasteiger partial charge on any atom is 0.222 e. The summed E-state index contributed by atoms with van der Waals surface area (Å²) in [6, 6.07) is 0.623. The summed E-state index contributed by atoms with van der Waals surface area (Å²) in [4.78, 5) is 12.1. The summed E-state index contributed by atoms with van der Waals surface area (Å²) in [5.74, 6) is 2.50. The van der Waals surface area contributed by atoms with Crippen molar-refractivity contribution in [1.29, 1.82) is 0 Å². The molecule has 0 unspecified atom stereocenters. The molecule has 3 heterocycles. The molecule has 136 valence electrons. The van der Waals surface area contributed by atoms with Crippen molar-refractivity contribution >= 4 is 11.8 Å². The Labute approximate surface area is 150 Å². The maximum absolute atomic E-state index is 6.21. The molecule has 0 aromatic carbocycles. The smallest absolute Gasteiger partial charge is 0.222 e. The van der Waals surface area contributed by atoms with Crippen molar-refractivity contribution in [2.75, 3.05) is 30.3 Å². The van der Waals surface area contributed by atoms with E-state index in [9.17, 15) is 0 Å². The number of nitrogen functional groups attached to an aromatic ring is 1. The molecule has 1 aromatic rings. The summed E-state index contributed by atoms with van der Waals surface area (Å²) in [7, 11) is 0. The van der Waals surface area contributed by atoms with Crippen LogP contribution in [0.4, 0.5) is 11.8 Å². The van der Waals surface area contributed by atoms with Crippen molar-refractivity contribution in [1.82, 2.24) is 15.3 Å². The first-order valence-corrected chi connectivity index (χ1v) is 10.4. The highest BCUT2D eigenvalue weighted by atomic mass is 15.2. The van der Waals surface area contributed by atoms with Gasteiger partial charge in [-0.25, -0.2) is 4.98 Å². The van der Waals surface area contributed by atoms with Crippen LogP contribution in [0.25, 0.3) is 0 Å². The van der Waals surface area contributed by atoms with Crippen LogP contribution in [0.2, 0.25) is 0 Å². The van der Waals surface area contributed by atoms with Crippen molar-refractivity contribution < 1.29 is 0 Å². The number of anilines is 2. The Hall–Kier alpha value is -1.36. The molecule has 0 amide bonds. The molecule has 1 saturated carbocycles. The molecule has 2 aliphatic carbocycles. The Morgan fingerprint density at radius 3 is 2.76 bits per heavy atom. The number of aromatic nitrogens is 2.